The lowest BCUT2D eigenvalue weighted by Gasteiger charge is -2.21. The molecule has 0 saturated carbocycles. The number of aromatic amines is 1. The molecule has 0 aliphatic rings. The number of carboxylic acid groups (broad SMARTS) is 1. The van der Waals surface area contributed by atoms with Crippen molar-refractivity contribution in [1.82, 2.24) is 4.98 Å². The van der Waals surface area contributed by atoms with Gasteiger partial charge >= 0.3 is 5.97 Å². The normalized spacial score (nSPS) is 10.7. The number of carboxylic acids is 1. The number of rotatable bonds is 6. The summed E-state index contributed by atoms with van der Waals surface area (Å²) in [5.74, 6) is -1.34. The monoisotopic (exact) mass is 368 g/mol. The van der Waals surface area contributed by atoms with Gasteiger partial charge in [-0.2, -0.15) is 0 Å². The van der Waals surface area contributed by atoms with E-state index in [-0.39, 0.29) is 18.0 Å². The molecule has 132 valence electrons. The molecule has 0 aliphatic heterocycles. The Morgan fingerprint density at radius 2 is 1.92 bits per heavy atom. The number of H-pyrrole nitrogens is 1. The number of carbonyl (C=O) groups is 2. The number of anilines is 1. The number of fused-ring (bicyclic) bond motifs is 1. The fourth-order valence-corrected chi connectivity index (χ4v) is 3.09. The van der Waals surface area contributed by atoms with Crippen LogP contribution in [0.1, 0.15) is 16.1 Å². The largest absolute Gasteiger partial charge is 0.477 e. The van der Waals surface area contributed by atoms with Gasteiger partial charge in [-0.1, -0.05) is 35.9 Å². The molecular weight excluding hydrogens is 352 g/mol. The number of carbonyl (C=O) groups excluding carboxylic acids is 1. The lowest BCUT2D eigenvalue weighted by Crippen LogP contribution is -2.32. The molecule has 2 aromatic carbocycles. The Labute approximate surface area is 155 Å². The molecule has 0 unspecified atom stereocenters. The maximum atomic E-state index is 12.9. The predicted molar refractivity (Wildman–Crippen MR) is 103 cm³/mol. The summed E-state index contributed by atoms with van der Waals surface area (Å²) in [6, 6.07) is 14.2. The van der Waals surface area contributed by atoms with Crippen LogP contribution in [-0.4, -0.2) is 28.5 Å². The third kappa shape index (κ3) is 3.48. The lowest BCUT2D eigenvalue weighted by molar-refractivity contribution is -0.117. The molecule has 0 saturated heterocycles. The van der Waals surface area contributed by atoms with Crippen molar-refractivity contribution in [3.63, 3.8) is 0 Å². The van der Waals surface area contributed by atoms with E-state index in [2.05, 4.69) is 11.6 Å². The van der Waals surface area contributed by atoms with E-state index in [1.807, 2.05) is 30.3 Å². The minimum absolute atomic E-state index is 0.00207. The third-order valence-corrected chi connectivity index (χ3v) is 4.33. The van der Waals surface area contributed by atoms with Gasteiger partial charge < -0.3 is 15.0 Å². The molecule has 0 aliphatic carbocycles. The highest BCUT2D eigenvalue weighted by Crippen LogP contribution is 2.27. The first kappa shape index (κ1) is 17.8. The molecule has 2 N–H and O–H groups in total. The highest BCUT2D eigenvalue weighted by atomic mass is 35.5. The second-order valence-corrected chi connectivity index (χ2v) is 6.22. The zero-order valence-electron chi connectivity index (χ0n) is 13.9. The highest BCUT2D eigenvalue weighted by molar-refractivity contribution is 6.31. The van der Waals surface area contributed by atoms with Gasteiger partial charge in [0.2, 0.25) is 5.91 Å². The van der Waals surface area contributed by atoms with Gasteiger partial charge in [-0.3, -0.25) is 4.79 Å². The Balaban J connectivity index is 2.02. The molecule has 0 fully saturated rings. The number of nitrogens with one attached hydrogen (secondary N) is 1. The zero-order valence-corrected chi connectivity index (χ0v) is 14.7. The van der Waals surface area contributed by atoms with Gasteiger partial charge in [0.05, 0.1) is 6.42 Å². The Morgan fingerprint density at radius 1 is 1.19 bits per heavy atom. The highest BCUT2D eigenvalue weighted by Gasteiger charge is 2.22. The Bertz CT molecular complexity index is 979. The predicted octanol–water partition coefficient (Wildman–Crippen LogP) is 4.28. The van der Waals surface area contributed by atoms with E-state index >= 15 is 0 Å². The van der Waals surface area contributed by atoms with E-state index in [1.165, 1.54) is 0 Å². The van der Waals surface area contributed by atoms with Crippen molar-refractivity contribution >= 4 is 40.1 Å². The summed E-state index contributed by atoms with van der Waals surface area (Å²) < 4.78 is 0. The van der Waals surface area contributed by atoms with E-state index in [9.17, 15) is 14.7 Å². The number of para-hydroxylation sites is 1. The quantitative estimate of drug-likeness (QED) is 0.638. The molecule has 5 nitrogen and oxygen atoms in total. The van der Waals surface area contributed by atoms with Crippen LogP contribution in [0.4, 0.5) is 5.69 Å². The summed E-state index contributed by atoms with van der Waals surface area (Å²) in [4.78, 5) is 29.0. The van der Waals surface area contributed by atoms with E-state index in [0.29, 0.717) is 28.0 Å². The SMILES string of the molecule is C=CCN(C(=O)Cc1c(C(=O)O)[nH]c2ccc(Cl)cc12)c1ccccc1. The number of nitrogens with zero attached hydrogens (tertiary/aromatic N) is 1. The summed E-state index contributed by atoms with van der Waals surface area (Å²) in [6.07, 6.45) is 1.57. The van der Waals surface area contributed by atoms with Crippen LogP contribution in [0.5, 0.6) is 0 Å². The summed E-state index contributed by atoms with van der Waals surface area (Å²) in [6.45, 7) is 4.03. The molecule has 1 heterocycles. The molecule has 0 bridgehead atoms. The summed E-state index contributed by atoms with van der Waals surface area (Å²) >= 11 is 6.05. The number of amides is 1. The van der Waals surface area contributed by atoms with Gasteiger partial charge in [0.25, 0.3) is 0 Å². The first-order valence-electron chi connectivity index (χ1n) is 8.01. The molecule has 3 rings (SSSR count). The molecular formula is C20H17ClN2O3. The second-order valence-electron chi connectivity index (χ2n) is 5.78. The van der Waals surface area contributed by atoms with Crippen molar-refractivity contribution in [3.05, 3.63) is 77.5 Å². The van der Waals surface area contributed by atoms with Gasteiger partial charge in [0.1, 0.15) is 5.69 Å². The average molecular weight is 369 g/mol. The minimum atomic E-state index is -1.12. The number of benzene rings is 2. The lowest BCUT2D eigenvalue weighted by atomic mass is 10.1. The third-order valence-electron chi connectivity index (χ3n) is 4.09. The minimum Gasteiger partial charge on any atom is -0.477 e. The van der Waals surface area contributed by atoms with Crippen LogP contribution >= 0.6 is 11.6 Å². The molecule has 3 aromatic rings. The van der Waals surface area contributed by atoms with Crippen LogP contribution in [0, 0.1) is 0 Å². The fraction of sp³-hybridized carbons (Fsp3) is 0.100. The average Bonchev–Trinajstić information content (AvgIpc) is 2.98. The van der Waals surface area contributed by atoms with Crippen molar-refractivity contribution in [2.24, 2.45) is 0 Å². The van der Waals surface area contributed by atoms with Crippen molar-refractivity contribution in [2.45, 2.75) is 6.42 Å². The molecule has 1 aromatic heterocycles. The Kier molecular flexibility index (Phi) is 5.09. The van der Waals surface area contributed by atoms with Gasteiger partial charge in [0.15, 0.2) is 0 Å². The Hall–Kier alpha value is -3.05. The number of aromatic nitrogens is 1. The van der Waals surface area contributed by atoms with Gasteiger partial charge in [-0.15, -0.1) is 6.58 Å². The van der Waals surface area contributed by atoms with Crippen LogP contribution < -0.4 is 4.90 Å². The number of aromatic carboxylic acids is 1. The first-order chi connectivity index (χ1) is 12.5. The van der Waals surface area contributed by atoms with Crippen LogP contribution in [0.25, 0.3) is 10.9 Å². The maximum absolute atomic E-state index is 12.9. The molecule has 26 heavy (non-hydrogen) atoms. The van der Waals surface area contributed by atoms with Crippen molar-refractivity contribution < 1.29 is 14.7 Å². The van der Waals surface area contributed by atoms with Crippen LogP contribution in [0.15, 0.2) is 61.2 Å². The van der Waals surface area contributed by atoms with Gasteiger partial charge in [0, 0.05) is 33.7 Å². The van der Waals surface area contributed by atoms with E-state index in [1.54, 1.807) is 29.2 Å². The van der Waals surface area contributed by atoms with Crippen molar-refractivity contribution in [2.75, 3.05) is 11.4 Å². The molecule has 0 spiro atoms. The standard InChI is InChI=1S/C20H17ClN2O3/c1-2-10-23(14-6-4-3-5-7-14)18(24)12-16-15-11-13(21)8-9-17(15)22-19(16)20(25)26/h2-9,11,22H,1,10,12H2,(H,25,26). The summed E-state index contributed by atoms with van der Waals surface area (Å²) in [5, 5.41) is 10.6. The van der Waals surface area contributed by atoms with Crippen molar-refractivity contribution in [1.29, 1.82) is 0 Å². The summed E-state index contributed by atoms with van der Waals surface area (Å²) in [5.41, 5.74) is 1.78. The van der Waals surface area contributed by atoms with Crippen LogP contribution in [-0.2, 0) is 11.2 Å². The maximum Gasteiger partial charge on any atom is 0.352 e. The number of hydrogen-bond acceptors (Lipinski definition) is 2. The van der Waals surface area contributed by atoms with E-state index in [0.717, 1.165) is 5.69 Å². The van der Waals surface area contributed by atoms with Gasteiger partial charge in [-0.25, -0.2) is 4.79 Å². The van der Waals surface area contributed by atoms with E-state index < -0.39 is 5.97 Å². The molecule has 6 heteroatoms. The number of halogens is 1. The zero-order chi connectivity index (χ0) is 18.7. The van der Waals surface area contributed by atoms with Crippen LogP contribution in [0.3, 0.4) is 0 Å². The Morgan fingerprint density at radius 3 is 2.58 bits per heavy atom. The van der Waals surface area contributed by atoms with Gasteiger partial charge in [-0.05, 0) is 30.3 Å². The smallest absolute Gasteiger partial charge is 0.352 e. The first-order valence-corrected chi connectivity index (χ1v) is 8.38. The second kappa shape index (κ2) is 7.45. The molecule has 0 radical (unpaired) electrons. The number of hydrogen-bond donors (Lipinski definition) is 2. The van der Waals surface area contributed by atoms with Crippen molar-refractivity contribution in [3.8, 4) is 0 Å². The summed E-state index contributed by atoms with van der Waals surface area (Å²) in [7, 11) is 0. The molecule has 0 atom stereocenters. The van der Waals surface area contributed by atoms with Crippen LogP contribution in [0.2, 0.25) is 5.02 Å². The fourth-order valence-electron chi connectivity index (χ4n) is 2.92. The molecule has 1 amide bonds. The van der Waals surface area contributed by atoms with E-state index in [4.69, 9.17) is 11.6 Å². The topological polar surface area (TPSA) is 73.4 Å².